The van der Waals surface area contributed by atoms with Crippen molar-refractivity contribution in [1.82, 2.24) is 15.5 Å². The van der Waals surface area contributed by atoms with Crippen LogP contribution in [0.3, 0.4) is 0 Å². The molecule has 0 saturated carbocycles. The van der Waals surface area contributed by atoms with Gasteiger partial charge >= 0.3 is 0 Å². The van der Waals surface area contributed by atoms with Crippen LogP contribution in [0, 0.1) is 0 Å². The smallest absolute Gasteiger partial charge is 0.191 e. The fourth-order valence-electron chi connectivity index (χ4n) is 2.58. The fourth-order valence-corrected chi connectivity index (χ4v) is 4.71. The van der Waals surface area contributed by atoms with Crippen molar-refractivity contribution in [2.75, 3.05) is 51.3 Å². The molecule has 1 aliphatic heterocycles. The third kappa shape index (κ3) is 5.75. The van der Waals surface area contributed by atoms with Crippen molar-refractivity contribution in [3.8, 4) is 0 Å². The average Bonchev–Trinajstić information content (AvgIpc) is 3.07. The molecule has 1 aromatic rings. The van der Waals surface area contributed by atoms with Gasteiger partial charge in [0.2, 0.25) is 0 Å². The van der Waals surface area contributed by atoms with Crippen LogP contribution < -0.4 is 10.6 Å². The van der Waals surface area contributed by atoms with Crippen LogP contribution in [-0.4, -0.2) is 70.6 Å². The standard InChI is InChI=1S/C16H28N4O2S2/c1-16(2,14-5-4-10-23-14)13-19-15(17-3)18-6-7-20-8-11-24(21,22)12-9-20/h4-5,10H,6-9,11-13H2,1-3H3,(H2,17,18,19). The zero-order valence-electron chi connectivity index (χ0n) is 14.7. The first-order valence-electron chi connectivity index (χ1n) is 8.24. The number of nitrogens with one attached hydrogen (secondary N) is 2. The summed E-state index contributed by atoms with van der Waals surface area (Å²) in [6.45, 7) is 8.06. The Labute approximate surface area is 149 Å². The summed E-state index contributed by atoms with van der Waals surface area (Å²) in [5.74, 6) is 1.33. The predicted molar refractivity (Wildman–Crippen MR) is 102 cm³/mol. The molecule has 0 spiro atoms. The largest absolute Gasteiger partial charge is 0.356 e. The summed E-state index contributed by atoms with van der Waals surface area (Å²) in [5, 5.41) is 8.79. The van der Waals surface area contributed by atoms with Crippen LogP contribution >= 0.6 is 11.3 Å². The van der Waals surface area contributed by atoms with Crippen molar-refractivity contribution < 1.29 is 8.42 Å². The molecule has 1 saturated heterocycles. The Hall–Kier alpha value is -1.12. The van der Waals surface area contributed by atoms with Gasteiger partial charge in [0.1, 0.15) is 0 Å². The van der Waals surface area contributed by atoms with Gasteiger partial charge in [0.15, 0.2) is 15.8 Å². The van der Waals surface area contributed by atoms with Gasteiger partial charge in [-0.3, -0.25) is 9.89 Å². The number of hydrogen-bond acceptors (Lipinski definition) is 5. The molecule has 0 unspecified atom stereocenters. The van der Waals surface area contributed by atoms with Gasteiger partial charge in [0, 0.05) is 50.1 Å². The Morgan fingerprint density at radius 2 is 2.04 bits per heavy atom. The van der Waals surface area contributed by atoms with Crippen LogP contribution in [0.5, 0.6) is 0 Å². The van der Waals surface area contributed by atoms with E-state index >= 15 is 0 Å². The molecule has 6 nitrogen and oxygen atoms in total. The first-order chi connectivity index (χ1) is 11.3. The minimum absolute atomic E-state index is 0.0486. The number of aliphatic imine (C=N–C) groups is 1. The number of guanidine groups is 1. The summed E-state index contributed by atoms with van der Waals surface area (Å²) in [6.07, 6.45) is 0. The Morgan fingerprint density at radius 1 is 1.33 bits per heavy atom. The van der Waals surface area contributed by atoms with E-state index in [0.29, 0.717) is 13.1 Å². The second-order valence-electron chi connectivity index (χ2n) is 6.71. The van der Waals surface area contributed by atoms with E-state index in [1.165, 1.54) is 4.88 Å². The summed E-state index contributed by atoms with van der Waals surface area (Å²) < 4.78 is 22.9. The molecule has 0 amide bonds. The molecular weight excluding hydrogens is 344 g/mol. The van der Waals surface area contributed by atoms with Gasteiger partial charge < -0.3 is 10.6 Å². The summed E-state index contributed by atoms with van der Waals surface area (Å²) in [7, 11) is -1.04. The van der Waals surface area contributed by atoms with Crippen molar-refractivity contribution in [3.05, 3.63) is 22.4 Å². The van der Waals surface area contributed by atoms with Crippen molar-refractivity contribution in [2.24, 2.45) is 4.99 Å². The van der Waals surface area contributed by atoms with Gasteiger partial charge in [-0.05, 0) is 11.4 Å². The van der Waals surface area contributed by atoms with Gasteiger partial charge in [-0.15, -0.1) is 11.3 Å². The van der Waals surface area contributed by atoms with Gasteiger partial charge in [-0.25, -0.2) is 8.42 Å². The lowest BCUT2D eigenvalue weighted by Crippen LogP contribution is -2.47. The normalized spacial score (nSPS) is 19.2. The van der Waals surface area contributed by atoms with E-state index in [0.717, 1.165) is 25.6 Å². The molecule has 2 heterocycles. The average molecular weight is 373 g/mol. The Balaban J connectivity index is 1.71. The van der Waals surface area contributed by atoms with Gasteiger partial charge in [-0.2, -0.15) is 0 Å². The lowest BCUT2D eigenvalue weighted by atomic mass is 9.91. The monoisotopic (exact) mass is 372 g/mol. The number of nitrogens with zero attached hydrogens (tertiary/aromatic N) is 2. The Morgan fingerprint density at radius 3 is 2.62 bits per heavy atom. The molecule has 1 aliphatic rings. The van der Waals surface area contributed by atoms with E-state index in [1.54, 1.807) is 18.4 Å². The second-order valence-corrected chi connectivity index (χ2v) is 9.96. The van der Waals surface area contributed by atoms with Crippen LogP contribution in [0.2, 0.25) is 0 Å². The van der Waals surface area contributed by atoms with Crippen molar-refractivity contribution >= 4 is 27.1 Å². The molecule has 24 heavy (non-hydrogen) atoms. The maximum Gasteiger partial charge on any atom is 0.191 e. The van der Waals surface area contributed by atoms with Crippen molar-refractivity contribution in [1.29, 1.82) is 0 Å². The van der Waals surface area contributed by atoms with Crippen molar-refractivity contribution in [2.45, 2.75) is 19.3 Å². The van der Waals surface area contributed by atoms with Crippen LogP contribution in [-0.2, 0) is 15.3 Å². The summed E-state index contributed by atoms with van der Waals surface area (Å²) in [5.41, 5.74) is 0.0486. The molecule has 1 aromatic heterocycles. The first kappa shape index (κ1) is 19.2. The highest BCUT2D eigenvalue weighted by molar-refractivity contribution is 7.91. The first-order valence-corrected chi connectivity index (χ1v) is 10.9. The zero-order valence-corrected chi connectivity index (χ0v) is 16.3. The lowest BCUT2D eigenvalue weighted by molar-refractivity contribution is 0.299. The van der Waals surface area contributed by atoms with Gasteiger partial charge in [0.25, 0.3) is 0 Å². The highest BCUT2D eigenvalue weighted by Gasteiger charge is 2.23. The van der Waals surface area contributed by atoms with E-state index in [1.807, 2.05) is 0 Å². The Kier molecular flexibility index (Phi) is 6.65. The van der Waals surface area contributed by atoms with E-state index in [4.69, 9.17) is 0 Å². The predicted octanol–water partition coefficient (Wildman–Crippen LogP) is 0.921. The van der Waals surface area contributed by atoms with E-state index in [9.17, 15) is 8.42 Å². The molecule has 2 rings (SSSR count). The summed E-state index contributed by atoms with van der Waals surface area (Å²) in [4.78, 5) is 7.79. The van der Waals surface area contributed by atoms with Gasteiger partial charge in [-0.1, -0.05) is 19.9 Å². The Bertz CT molecular complexity index is 625. The zero-order chi connectivity index (χ0) is 17.6. The molecule has 0 radical (unpaired) electrons. The van der Waals surface area contributed by atoms with E-state index in [-0.39, 0.29) is 16.9 Å². The van der Waals surface area contributed by atoms with Crippen LogP contribution in [0.15, 0.2) is 22.5 Å². The number of sulfone groups is 1. The summed E-state index contributed by atoms with van der Waals surface area (Å²) in [6, 6.07) is 4.24. The van der Waals surface area contributed by atoms with E-state index < -0.39 is 9.84 Å². The van der Waals surface area contributed by atoms with Gasteiger partial charge in [0.05, 0.1) is 11.5 Å². The third-order valence-corrected chi connectivity index (χ3v) is 7.11. The maximum atomic E-state index is 11.4. The molecule has 0 aliphatic carbocycles. The maximum absolute atomic E-state index is 11.4. The van der Waals surface area contributed by atoms with Crippen LogP contribution in [0.25, 0.3) is 0 Å². The van der Waals surface area contributed by atoms with Crippen LogP contribution in [0.1, 0.15) is 18.7 Å². The molecule has 1 fully saturated rings. The molecule has 136 valence electrons. The molecule has 0 atom stereocenters. The topological polar surface area (TPSA) is 73.8 Å². The molecule has 2 N–H and O–H groups in total. The van der Waals surface area contributed by atoms with Crippen molar-refractivity contribution in [3.63, 3.8) is 0 Å². The highest BCUT2D eigenvalue weighted by atomic mass is 32.2. The molecule has 0 bridgehead atoms. The third-order valence-electron chi connectivity index (χ3n) is 4.27. The minimum atomic E-state index is -2.81. The summed E-state index contributed by atoms with van der Waals surface area (Å²) >= 11 is 1.77. The highest BCUT2D eigenvalue weighted by Crippen LogP contribution is 2.26. The second kappa shape index (κ2) is 8.31. The molecular formula is C16H28N4O2S2. The molecule has 8 heteroatoms. The fraction of sp³-hybridized carbons (Fsp3) is 0.688. The quantitative estimate of drug-likeness (QED) is 0.574. The van der Waals surface area contributed by atoms with E-state index in [2.05, 4.69) is 51.9 Å². The number of rotatable bonds is 6. The SMILES string of the molecule is CN=C(NCCN1CCS(=O)(=O)CC1)NCC(C)(C)c1cccs1. The number of hydrogen-bond donors (Lipinski definition) is 2. The number of thiophene rings is 1. The lowest BCUT2D eigenvalue weighted by Gasteiger charge is -2.27. The van der Waals surface area contributed by atoms with Crippen LogP contribution in [0.4, 0.5) is 0 Å². The minimum Gasteiger partial charge on any atom is -0.356 e. The molecule has 0 aromatic carbocycles.